The van der Waals surface area contributed by atoms with Gasteiger partial charge in [-0.2, -0.15) is 0 Å². The highest BCUT2D eigenvalue weighted by atomic mass is 16.5. The molecule has 33 heavy (non-hydrogen) atoms. The van der Waals surface area contributed by atoms with Gasteiger partial charge in [-0.05, 0) is 41.8 Å². The van der Waals surface area contributed by atoms with Gasteiger partial charge < -0.3 is 21.1 Å². The van der Waals surface area contributed by atoms with Crippen LogP contribution in [0.15, 0.2) is 84.9 Å². The molecule has 0 bridgehead atoms. The van der Waals surface area contributed by atoms with Gasteiger partial charge in [-0.3, -0.25) is 15.0 Å². The van der Waals surface area contributed by atoms with E-state index >= 15 is 0 Å². The van der Waals surface area contributed by atoms with E-state index in [0.29, 0.717) is 29.8 Å². The largest absolute Gasteiger partial charge is 0.384 e. The number of nitrogen functional groups attached to an aromatic ring is 1. The molecule has 0 spiro atoms. The maximum Gasteiger partial charge on any atom is 0.241 e. The summed E-state index contributed by atoms with van der Waals surface area (Å²) in [7, 11) is 1.58. The average molecular weight is 445 g/mol. The van der Waals surface area contributed by atoms with E-state index in [9.17, 15) is 9.59 Å². The first-order chi connectivity index (χ1) is 16.0. The zero-order valence-corrected chi connectivity index (χ0v) is 18.5. The minimum Gasteiger partial charge on any atom is -0.384 e. The lowest BCUT2D eigenvalue weighted by molar-refractivity contribution is -0.129. The second-order valence-corrected chi connectivity index (χ2v) is 7.67. The first kappa shape index (κ1) is 23.7. The third-order valence-corrected chi connectivity index (χ3v) is 5.16. The van der Waals surface area contributed by atoms with E-state index in [1.807, 2.05) is 36.4 Å². The van der Waals surface area contributed by atoms with Crippen LogP contribution < -0.4 is 16.4 Å². The van der Waals surface area contributed by atoms with Gasteiger partial charge in [-0.1, -0.05) is 60.7 Å². The van der Waals surface area contributed by atoms with Crippen molar-refractivity contribution in [1.82, 2.24) is 5.32 Å². The molecule has 0 heterocycles. The molecule has 3 aromatic rings. The second kappa shape index (κ2) is 11.6. The van der Waals surface area contributed by atoms with Gasteiger partial charge in [0, 0.05) is 18.4 Å². The number of rotatable bonds is 10. The van der Waals surface area contributed by atoms with E-state index in [1.165, 1.54) is 0 Å². The Morgan fingerprint density at radius 2 is 1.52 bits per heavy atom. The lowest BCUT2D eigenvalue weighted by atomic mass is 9.96. The Hall–Kier alpha value is -3.97. The molecule has 0 aliphatic carbocycles. The molecule has 0 aromatic heterocycles. The number of amides is 2. The highest BCUT2D eigenvalue weighted by Gasteiger charge is 2.30. The van der Waals surface area contributed by atoms with E-state index in [4.69, 9.17) is 15.9 Å². The number of benzene rings is 3. The summed E-state index contributed by atoms with van der Waals surface area (Å²) in [4.78, 5) is 26.5. The number of nitrogens with one attached hydrogen (secondary N) is 3. The summed E-state index contributed by atoms with van der Waals surface area (Å²) in [6.07, 6.45) is 0.579. The Bertz CT molecular complexity index is 1070. The third-order valence-electron chi connectivity index (χ3n) is 5.16. The van der Waals surface area contributed by atoms with Crippen molar-refractivity contribution in [2.75, 3.05) is 19.0 Å². The van der Waals surface area contributed by atoms with Crippen molar-refractivity contribution >= 4 is 23.3 Å². The summed E-state index contributed by atoms with van der Waals surface area (Å²) in [5.74, 6) is -1.96. The lowest BCUT2D eigenvalue weighted by Gasteiger charge is -2.22. The van der Waals surface area contributed by atoms with Crippen molar-refractivity contribution in [3.8, 4) is 0 Å². The smallest absolute Gasteiger partial charge is 0.241 e. The monoisotopic (exact) mass is 444 g/mol. The predicted molar refractivity (Wildman–Crippen MR) is 129 cm³/mol. The predicted octanol–water partition coefficient (Wildman–Crippen LogP) is 3.07. The van der Waals surface area contributed by atoms with Crippen LogP contribution in [0.1, 0.15) is 22.6 Å². The highest BCUT2D eigenvalue weighted by Crippen LogP contribution is 2.20. The van der Waals surface area contributed by atoms with Crippen LogP contribution in [-0.4, -0.2) is 37.4 Å². The summed E-state index contributed by atoms with van der Waals surface area (Å²) in [6, 6.07) is 25.0. The second-order valence-electron chi connectivity index (χ2n) is 7.67. The molecule has 0 aliphatic heterocycles. The van der Waals surface area contributed by atoms with E-state index in [1.54, 1.807) is 55.6 Å². The zero-order chi connectivity index (χ0) is 23.6. The number of carbonyl (C=O) groups is 2. The minimum atomic E-state index is -1.05. The number of carbonyl (C=O) groups excluding carboxylic acids is 2. The van der Waals surface area contributed by atoms with Crippen molar-refractivity contribution in [2.45, 2.75) is 18.4 Å². The highest BCUT2D eigenvalue weighted by molar-refractivity contribution is 6.11. The van der Waals surface area contributed by atoms with Crippen molar-refractivity contribution in [3.63, 3.8) is 0 Å². The molecule has 1 unspecified atom stereocenters. The number of hydrogen-bond donors (Lipinski definition) is 4. The van der Waals surface area contributed by atoms with Gasteiger partial charge in [-0.15, -0.1) is 0 Å². The molecule has 0 saturated carbocycles. The molecular formula is C26H28N4O3. The molecule has 5 N–H and O–H groups in total. The lowest BCUT2D eigenvalue weighted by Crippen LogP contribution is -2.44. The molecule has 2 amide bonds. The molecule has 0 aliphatic rings. The molecular weight excluding hydrogens is 416 g/mol. The van der Waals surface area contributed by atoms with Crippen molar-refractivity contribution in [2.24, 2.45) is 5.73 Å². The number of nitrogens with two attached hydrogens (primary N) is 1. The number of methoxy groups -OCH3 is 1. The van der Waals surface area contributed by atoms with Crippen LogP contribution in [0.2, 0.25) is 0 Å². The number of anilines is 1. The van der Waals surface area contributed by atoms with Gasteiger partial charge in [0.25, 0.3) is 0 Å². The summed E-state index contributed by atoms with van der Waals surface area (Å²) in [5, 5.41) is 13.3. The summed E-state index contributed by atoms with van der Waals surface area (Å²) < 4.78 is 5.31. The van der Waals surface area contributed by atoms with E-state index in [-0.39, 0.29) is 11.9 Å². The molecule has 7 heteroatoms. The van der Waals surface area contributed by atoms with Crippen LogP contribution >= 0.6 is 0 Å². The van der Waals surface area contributed by atoms with Gasteiger partial charge >= 0.3 is 0 Å². The molecule has 0 saturated heterocycles. The Kier molecular flexibility index (Phi) is 8.32. The number of ether oxygens (including phenoxy) is 1. The van der Waals surface area contributed by atoms with Gasteiger partial charge in [0.15, 0.2) is 0 Å². The van der Waals surface area contributed by atoms with Gasteiger partial charge in [-0.25, -0.2) is 0 Å². The Labute approximate surface area is 193 Å². The summed E-state index contributed by atoms with van der Waals surface area (Å²) >= 11 is 0. The number of amidine groups is 1. The van der Waals surface area contributed by atoms with Gasteiger partial charge in [0.05, 0.1) is 12.6 Å². The molecule has 170 valence electrons. The maximum atomic E-state index is 13.3. The Morgan fingerprint density at radius 1 is 0.909 bits per heavy atom. The van der Waals surface area contributed by atoms with Crippen molar-refractivity contribution in [3.05, 3.63) is 102 Å². The Balaban J connectivity index is 1.79. The van der Waals surface area contributed by atoms with Crippen LogP contribution in [0.5, 0.6) is 0 Å². The standard InChI is InChI=1S/C26H28N4O3/c1-33-17-22(16-18-8-4-2-5-9-18)30-26(32)23(19-10-6-3-7-11-19)25(31)29-21-14-12-20(13-15-21)24(27)28/h2-15,22-23H,16-17H2,1H3,(H3,27,28)(H,29,31)(H,30,32)/t22-,23?/m0/s1. The minimum absolute atomic E-state index is 0.0583. The fourth-order valence-electron chi connectivity index (χ4n) is 3.55. The SMILES string of the molecule is COC[C@H](Cc1ccccc1)NC(=O)C(C(=O)Nc1ccc(C(=N)N)cc1)c1ccccc1. The Morgan fingerprint density at radius 3 is 2.09 bits per heavy atom. The van der Waals surface area contributed by atoms with Crippen LogP contribution in [0, 0.1) is 5.41 Å². The zero-order valence-electron chi connectivity index (χ0n) is 18.5. The summed E-state index contributed by atoms with van der Waals surface area (Å²) in [6.45, 7) is 0.316. The molecule has 2 atom stereocenters. The van der Waals surface area contributed by atoms with Crippen LogP contribution in [0.3, 0.4) is 0 Å². The molecule has 3 aromatic carbocycles. The first-order valence-corrected chi connectivity index (χ1v) is 10.6. The van der Waals surface area contributed by atoms with Crippen molar-refractivity contribution < 1.29 is 14.3 Å². The first-order valence-electron chi connectivity index (χ1n) is 10.6. The number of hydrogen-bond acceptors (Lipinski definition) is 4. The molecule has 7 nitrogen and oxygen atoms in total. The quantitative estimate of drug-likeness (QED) is 0.218. The fraction of sp³-hybridized carbons (Fsp3) is 0.192. The van der Waals surface area contributed by atoms with Gasteiger partial charge in [0.2, 0.25) is 11.8 Å². The van der Waals surface area contributed by atoms with Crippen molar-refractivity contribution in [1.29, 1.82) is 5.41 Å². The van der Waals surface area contributed by atoms with Crippen LogP contribution in [-0.2, 0) is 20.7 Å². The fourth-order valence-corrected chi connectivity index (χ4v) is 3.55. The maximum absolute atomic E-state index is 13.3. The van der Waals surface area contributed by atoms with Crippen LogP contribution in [0.25, 0.3) is 0 Å². The molecule has 3 rings (SSSR count). The topological polar surface area (TPSA) is 117 Å². The molecule has 0 fully saturated rings. The van der Waals surface area contributed by atoms with E-state index < -0.39 is 17.7 Å². The molecule has 0 radical (unpaired) electrons. The summed E-state index contributed by atoms with van der Waals surface area (Å²) in [5.41, 5.74) is 8.20. The third kappa shape index (κ3) is 6.75. The van der Waals surface area contributed by atoms with E-state index in [2.05, 4.69) is 10.6 Å². The average Bonchev–Trinajstić information content (AvgIpc) is 2.81. The van der Waals surface area contributed by atoms with E-state index in [0.717, 1.165) is 5.56 Å². The van der Waals surface area contributed by atoms with Crippen LogP contribution in [0.4, 0.5) is 5.69 Å². The normalized spacial score (nSPS) is 12.4. The van der Waals surface area contributed by atoms with Gasteiger partial charge in [0.1, 0.15) is 11.8 Å².